The molecule has 1 saturated heterocycles. The zero-order valence-corrected chi connectivity index (χ0v) is 22.5. The first-order valence-electron chi connectivity index (χ1n) is 12.5. The standard InChI is InChI=1S/C27H35N3O6S/c1-27(2,3)36-24(31)9-8-22(25(28)32)30-15-20-21(26(30)33)17-37-23(20)16-35-19-6-4-18(5-7-19)14-29-10-12-34-13-11-29/h4-7,17,22H,8-16H2,1-3H3,(H2,28,32). The van der Waals surface area contributed by atoms with Crippen LogP contribution in [0.2, 0.25) is 0 Å². The van der Waals surface area contributed by atoms with E-state index in [-0.39, 0.29) is 25.3 Å². The molecule has 3 heterocycles. The van der Waals surface area contributed by atoms with Crippen LogP contribution in [0.1, 0.15) is 60.0 Å². The molecule has 2 aromatic rings. The first kappa shape index (κ1) is 27.1. The third-order valence-electron chi connectivity index (χ3n) is 6.35. The molecule has 2 amide bonds. The van der Waals surface area contributed by atoms with Crippen molar-refractivity contribution in [2.75, 3.05) is 26.3 Å². The average Bonchev–Trinajstić information content (AvgIpc) is 3.38. The predicted molar refractivity (Wildman–Crippen MR) is 139 cm³/mol. The van der Waals surface area contributed by atoms with Crippen LogP contribution in [0.4, 0.5) is 0 Å². The predicted octanol–water partition coefficient (Wildman–Crippen LogP) is 3.09. The van der Waals surface area contributed by atoms with Crippen LogP contribution in [0.15, 0.2) is 29.6 Å². The van der Waals surface area contributed by atoms with Gasteiger partial charge in [0.1, 0.15) is 24.0 Å². The summed E-state index contributed by atoms with van der Waals surface area (Å²) in [5.41, 5.74) is 7.63. The van der Waals surface area contributed by atoms with E-state index >= 15 is 0 Å². The third-order valence-corrected chi connectivity index (χ3v) is 7.35. The van der Waals surface area contributed by atoms with Gasteiger partial charge in [0.15, 0.2) is 0 Å². The molecule has 10 heteroatoms. The Morgan fingerprint density at radius 2 is 1.86 bits per heavy atom. The minimum Gasteiger partial charge on any atom is -0.488 e. The molecule has 2 aliphatic rings. The Hall–Kier alpha value is -2.95. The third kappa shape index (κ3) is 7.09. The Morgan fingerprint density at radius 3 is 2.51 bits per heavy atom. The molecular formula is C27H35N3O6S. The van der Waals surface area contributed by atoms with E-state index in [2.05, 4.69) is 17.0 Å². The van der Waals surface area contributed by atoms with E-state index in [1.807, 2.05) is 12.1 Å². The molecule has 4 rings (SSSR count). The zero-order valence-electron chi connectivity index (χ0n) is 21.7. The minimum absolute atomic E-state index is 0.000989. The number of primary amides is 1. The fourth-order valence-corrected chi connectivity index (χ4v) is 5.45. The summed E-state index contributed by atoms with van der Waals surface area (Å²) < 4.78 is 16.7. The molecule has 1 unspecified atom stereocenters. The molecule has 2 N–H and O–H groups in total. The van der Waals surface area contributed by atoms with Gasteiger partial charge in [0.05, 0.1) is 18.8 Å². The Labute approximate surface area is 221 Å². The summed E-state index contributed by atoms with van der Waals surface area (Å²) in [4.78, 5) is 42.1. The normalized spacial score (nSPS) is 16.9. The molecule has 0 spiro atoms. The number of carbonyl (C=O) groups is 3. The molecular weight excluding hydrogens is 494 g/mol. The number of esters is 1. The van der Waals surface area contributed by atoms with Crippen molar-refractivity contribution in [1.82, 2.24) is 9.80 Å². The number of ether oxygens (including phenoxy) is 3. The van der Waals surface area contributed by atoms with Crippen LogP contribution in [0, 0.1) is 0 Å². The number of hydrogen-bond acceptors (Lipinski definition) is 8. The molecule has 1 aromatic carbocycles. The van der Waals surface area contributed by atoms with Gasteiger partial charge in [-0.1, -0.05) is 12.1 Å². The highest BCUT2D eigenvalue weighted by Gasteiger charge is 2.38. The van der Waals surface area contributed by atoms with Gasteiger partial charge in [-0.25, -0.2) is 0 Å². The van der Waals surface area contributed by atoms with Gasteiger partial charge in [0.2, 0.25) is 5.91 Å². The Kier molecular flexibility index (Phi) is 8.51. The van der Waals surface area contributed by atoms with E-state index in [0.29, 0.717) is 12.2 Å². The highest BCUT2D eigenvalue weighted by molar-refractivity contribution is 7.10. The smallest absolute Gasteiger partial charge is 0.306 e. The van der Waals surface area contributed by atoms with Crippen molar-refractivity contribution in [2.45, 2.75) is 65.0 Å². The SMILES string of the molecule is CC(C)(C)OC(=O)CCC(C(N)=O)N1Cc2c(csc2COc2ccc(CN3CCOCC3)cc2)C1=O. The molecule has 1 fully saturated rings. The topological polar surface area (TPSA) is 111 Å². The van der Waals surface area contributed by atoms with E-state index in [0.717, 1.165) is 49.0 Å². The second-order valence-corrected chi connectivity index (χ2v) is 11.3. The number of nitrogens with zero attached hydrogens (tertiary/aromatic N) is 2. The molecule has 0 saturated carbocycles. The largest absolute Gasteiger partial charge is 0.488 e. The number of thiophene rings is 1. The maximum atomic E-state index is 13.1. The van der Waals surface area contributed by atoms with E-state index in [1.54, 1.807) is 26.2 Å². The van der Waals surface area contributed by atoms with Crippen LogP contribution in [-0.4, -0.2) is 65.5 Å². The van der Waals surface area contributed by atoms with Crippen molar-refractivity contribution < 1.29 is 28.6 Å². The van der Waals surface area contributed by atoms with Gasteiger partial charge in [-0.2, -0.15) is 0 Å². The average molecular weight is 530 g/mol. The number of rotatable bonds is 10. The van der Waals surface area contributed by atoms with Gasteiger partial charge < -0.3 is 24.8 Å². The van der Waals surface area contributed by atoms with Gasteiger partial charge in [0, 0.05) is 48.4 Å². The first-order chi connectivity index (χ1) is 17.6. The lowest BCUT2D eigenvalue weighted by atomic mass is 10.1. The van der Waals surface area contributed by atoms with Crippen molar-refractivity contribution in [2.24, 2.45) is 5.73 Å². The van der Waals surface area contributed by atoms with Gasteiger partial charge in [-0.05, 0) is 44.9 Å². The van der Waals surface area contributed by atoms with Gasteiger partial charge in [0.25, 0.3) is 5.91 Å². The van der Waals surface area contributed by atoms with Crippen LogP contribution < -0.4 is 10.5 Å². The van der Waals surface area contributed by atoms with Crippen molar-refractivity contribution >= 4 is 29.1 Å². The summed E-state index contributed by atoms with van der Waals surface area (Å²) in [7, 11) is 0. The number of amides is 2. The lowest BCUT2D eigenvalue weighted by molar-refractivity contribution is -0.155. The molecule has 9 nitrogen and oxygen atoms in total. The number of morpholine rings is 1. The fraction of sp³-hybridized carbons (Fsp3) is 0.519. The lowest BCUT2D eigenvalue weighted by Gasteiger charge is -2.26. The summed E-state index contributed by atoms with van der Waals surface area (Å²) in [5, 5.41) is 1.80. The molecule has 0 aliphatic carbocycles. The summed E-state index contributed by atoms with van der Waals surface area (Å²) >= 11 is 1.47. The quantitative estimate of drug-likeness (QED) is 0.471. The maximum Gasteiger partial charge on any atom is 0.306 e. The van der Waals surface area contributed by atoms with Gasteiger partial charge in [-0.15, -0.1) is 11.3 Å². The van der Waals surface area contributed by atoms with E-state index < -0.39 is 23.5 Å². The second-order valence-electron chi connectivity index (χ2n) is 10.3. The zero-order chi connectivity index (χ0) is 26.6. The van der Waals surface area contributed by atoms with Crippen LogP contribution in [-0.2, 0) is 38.8 Å². The molecule has 1 aromatic heterocycles. The van der Waals surface area contributed by atoms with Gasteiger partial charge >= 0.3 is 5.97 Å². The molecule has 2 aliphatic heterocycles. The summed E-state index contributed by atoms with van der Waals surface area (Å²) in [5.74, 6) is -0.565. The molecule has 0 radical (unpaired) electrons. The highest BCUT2D eigenvalue weighted by atomic mass is 32.1. The first-order valence-corrected chi connectivity index (χ1v) is 13.4. The Bertz CT molecular complexity index is 1120. The maximum absolute atomic E-state index is 13.1. The van der Waals surface area contributed by atoms with Crippen molar-refractivity contribution in [3.63, 3.8) is 0 Å². The number of fused-ring (bicyclic) bond motifs is 1. The number of nitrogens with two attached hydrogens (primary N) is 1. The van der Waals surface area contributed by atoms with Crippen molar-refractivity contribution in [3.8, 4) is 5.75 Å². The number of hydrogen-bond donors (Lipinski definition) is 1. The van der Waals surface area contributed by atoms with E-state index in [9.17, 15) is 14.4 Å². The van der Waals surface area contributed by atoms with Crippen molar-refractivity contribution in [3.05, 3.63) is 51.2 Å². The van der Waals surface area contributed by atoms with Gasteiger partial charge in [-0.3, -0.25) is 19.3 Å². The number of benzene rings is 1. The monoisotopic (exact) mass is 529 g/mol. The van der Waals surface area contributed by atoms with Crippen LogP contribution in [0.3, 0.4) is 0 Å². The summed E-state index contributed by atoms with van der Waals surface area (Å²) in [6.45, 7) is 10.2. The molecule has 200 valence electrons. The Morgan fingerprint density at radius 1 is 1.16 bits per heavy atom. The van der Waals surface area contributed by atoms with Crippen LogP contribution in [0.25, 0.3) is 0 Å². The Balaban J connectivity index is 1.34. The van der Waals surface area contributed by atoms with E-state index in [4.69, 9.17) is 19.9 Å². The second kappa shape index (κ2) is 11.6. The minimum atomic E-state index is -0.884. The van der Waals surface area contributed by atoms with Crippen LogP contribution >= 0.6 is 11.3 Å². The van der Waals surface area contributed by atoms with E-state index in [1.165, 1.54) is 21.8 Å². The number of carbonyl (C=O) groups excluding carboxylic acids is 3. The molecule has 37 heavy (non-hydrogen) atoms. The van der Waals surface area contributed by atoms with Crippen LogP contribution in [0.5, 0.6) is 5.75 Å². The fourth-order valence-electron chi connectivity index (χ4n) is 4.50. The molecule has 1 atom stereocenters. The summed E-state index contributed by atoms with van der Waals surface area (Å²) in [6, 6.07) is 7.17. The lowest BCUT2D eigenvalue weighted by Crippen LogP contribution is -2.45. The summed E-state index contributed by atoms with van der Waals surface area (Å²) in [6.07, 6.45) is 0.116. The van der Waals surface area contributed by atoms with Crippen molar-refractivity contribution in [1.29, 1.82) is 0 Å². The molecule has 0 bridgehead atoms. The highest BCUT2D eigenvalue weighted by Crippen LogP contribution is 2.34.